The number of benzene rings is 2. The van der Waals surface area contributed by atoms with Crippen molar-refractivity contribution in [1.82, 2.24) is 25.4 Å². The Kier molecular flexibility index (Phi) is 7.40. The summed E-state index contributed by atoms with van der Waals surface area (Å²) >= 11 is 1.40. The van der Waals surface area contributed by atoms with Gasteiger partial charge in [-0.2, -0.15) is 0 Å². The van der Waals surface area contributed by atoms with E-state index in [9.17, 15) is 4.79 Å². The van der Waals surface area contributed by atoms with Crippen molar-refractivity contribution in [1.29, 1.82) is 0 Å². The average molecular weight is 493 g/mol. The van der Waals surface area contributed by atoms with Crippen molar-refractivity contribution < 1.29 is 4.79 Å². The Bertz CT molecular complexity index is 1520. The maximum atomic E-state index is 12.2. The smallest absolute Gasteiger partial charge is 0.230 e. The highest BCUT2D eigenvalue weighted by molar-refractivity contribution is 7.15. The lowest BCUT2D eigenvalue weighted by atomic mass is 10.1. The minimum absolute atomic E-state index is 0.0950. The average Bonchev–Trinajstić information content (AvgIpc) is 3.50. The first-order valence-corrected chi connectivity index (χ1v) is 12.6. The van der Waals surface area contributed by atoms with E-state index in [1.54, 1.807) is 0 Å². The highest BCUT2D eigenvalue weighted by Gasteiger charge is 2.09. The fraction of sp³-hybridized carbons (Fsp3) is 0.179. The maximum absolute atomic E-state index is 12.2. The Morgan fingerprint density at radius 3 is 2.50 bits per heavy atom. The number of hydrogen-bond acceptors (Lipinski definition) is 6. The molecule has 2 aromatic carbocycles. The van der Waals surface area contributed by atoms with Gasteiger partial charge in [-0.15, -0.1) is 20.4 Å². The SMILES string of the molecule is O=C(Cc1ccccc1)Nc1nnc(CCCC#Cc2cc3cc(Cc4ccccc4)[nH]c3nn2)s1. The fourth-order valence-electron chi connectivity index (χ4n) is 3.79. The normalized spacial score (nSPS) is 10.7. The van der Waals surface area contributed by atoms with Gasteiger partial charge in [-0.05, 0) is 35.6 Å². The molecule has 3 aromatic heterocycles. The standard InChI is InChI=1S/C28H24N6OS/c35-25(17-21-12-6-2-7-13-21)30-28-34-32-26(36-28)15-9-3-8-14-23-18-22-19-24(29-27(22)33-31-23)16-20-10-4-1-5-11-20/h1-2,4-7,10-13,18-19H,3,9,15-17H2,(H,29,33)(H,30,34,35). The molecule has 2 N–H and O–H groups in total. The number of unbranched alkanes of at least 4 members (excludes halogenated alkanes) is 1. The van der Waals surface area contributed by atoms with Crippen LogP contribution in [0.1, 0.15) is 40.4 Å². The van der Waals surface area contributed by atoms with Crippen molar-refractivity contribution in [3.05, 3.63) is 100 Å². The zero-order chi connectivity index (χ0) is 24.6. The van der Waals surface area contributed by atoms with Crippen LogP contribution in [0.3, 0.4) is 0 Å². The van der Waals surface area contributed by atoms with Gasteiger partial charge in [0.2, 0.25) is 11.0 Å². The number of amides is 1. The van der Waals surface area contributed by atoms with Gasteiger partial charge in [0, 0.05) is 30.3 Å². The molecule has 0 aliphatic carbocycles. The molecule has 8 heteroatoms. The first-order valence-electron chi connectivity index (χ1n) is 11.8. The van der Waals surface area contributed by atoms with Crippen LogP contribution in [0, 0.1) is 11.8 Å². The molecular formula is C28H24N6OS. The summed E-state index contributed by atoms with van der Waals surface area (Å²) in [7, 11) is 0. The zero-order valence-electron chi connectivity index (χ0n) is 19.6. The Hall–Kier alpha value is -4.35. The van der Waals surface area contributed by atoms with Crippen molar-refractivity contribution in [2.45, 2.75) is 32.1 Å². The Morgan fingerprint density at radius 1 is 0.917 bits per heavy atom. The molecule has 0 spiro atoms. The van der Waals surface area contributed by atoms with E-state index in [1.165, 1.54) is 16.9 Å². The highest BCUT2D eigenvalue weighted by Crippen LogP contribution is 2.18. The molecule has 7 nitrogen and oxygen atoms in total. The van der Waals surface area contributed by atoms with Crippen LogP contribution in [-0.4, -0.2) is 31.3 Å². The molecule has 0 bridgehead atoms. The van der Waals surface area contributed by atoms with E-state index in [1.807, 2.05) is 54.6 Å². The maximum Gasteiger partial charge on any atom is 0.230 e. The van der Waals surface area contributed by atoms with Crippen LogP contribution in [-0.2, 0) is 24.1 Å². The van der Waals surface area contributed by atoms with Crippen LogP contribution in [0.25, 0.3) is 11.0 Å². The third-order valence-corrected chi connectivity index (χ3v) is 6.40. The first kappa shape index (κ1) is 23.4. The molecule has 0 aliphatic heterocycles. The molecule has 0 saturated carbocycles. The predicted octanol–water partition coefficient (Wildman–Crippen LogP) is 4.96. The summed E-state index contributed by atoms with van der Waals surface area (Å²) in [6.07, 6.45) is 3.45. The number of carbonyl (C=O) groups excluding carboxylic acids is 1. The van der Waals surface area contributed by atoms with Crippen LogP contribution in [0.2, 0.25) is 0 Å². The molecule has 0 fully saturated rings. The lowest BCUT2D eigenvalue weighted by Gasteiger charge is -2.00. The number of H-pyrrole nitrogens is 1. The van der Waals surface area contributed by atoms with Gasteiger partial charge in [0.05, 0.1) is 6.42 Å². The van der Waals surface area contributed by atoms with Gasteiger partial charge >= 0.3 is 0 Å². The molecule has 36 heavy (non-hydrogen) atoms. The summed E-state index contributed by atoms with van der Waals surface area (Å²) < 4.78 is 0. The second-order valence-corrected chi connectivity index (χ2v) is 9.42. The van der Waals surface area contributed by atoms with E-state index in [0.29, 0.717) is 23.7 Å². The molecule has 178 valence electrons. The van der Waals surface area contributed by atoms with Gasteiger partial charge in [0.15, 0.2) is 5.65 Å². The molecule has 3 heterocycles. The molecule has 5 rings (SSSR count). The van der Waals surface area contributed by atoms with Crippen LogP contribution < -0.4 is 5.32 Å². The zero-order valence-corrected chi connectivity index (χ0v) is 20.4. The largest absolute Gasteiger partial charge is 0.341 e. The van der Waals surface area contributed by atoms with Crippen molar-refractivity contribution in [3.63, 3.8) is 0 Å². The van der Waals surface area contributed by atoms with Gasteiger partial charge in [0.1, 0.15) is 10.7 Å². The van der Waals surface area contributed by atoms with Crippen LogP contribution in [0.4, 0.5) is 5.13 Å². The Balaban J connectivity index is 1.09. The van der Waals surface area contributed by atoms with E-state index >= 15 is 0 Å². The van der Waals surface area contributed by atoms with E-state index in [4.69, 9.17) is 0 Å². The number of anilines is 1. The number of rotatable bonds is 8. The molecule has 0 atom stereocenters. The topological polar surface area (TPSA) is 96.5 Å². The van der Waals surface area contributed by atoms with Crippen molar-refractivity contribution in [3.8, 4) is 11.8 Å². The molecule has 0 unspecified atom stereocenters. The second kappa shape index (κ2) is 11.4. The van der Waals surface area contributed by atoms with E-state index < -0.39 is 0 Å². The van der Waals surface area contributed by atoms with E-state index in [2.05, 4.69) is 60.7 Å². The number of aryl methyl sites for hydroxylation is 1. The summed E-state index contributed by atoms with van der Waals surface area (Å²) in [4.78, 5) is 15.5. The monoisotopic (exact) mass is 492 g/mol. The number of fused-ring (bicyclic) bond motifs is 1. The fourth-order valence-corrected chi connectivity index (χ4v) is 4.59. The molecule has 1 amide bonds. The van der Waals surface area contributed by atoms with Crippen molar-refractivity contribution in [2.24, 2.45) is 0 Å². The highest BCUT2D eigenvalue weighted by atomic mass is 32.1. The van der Waals surface area contributed by atoms with Crippen LogP contribution in [0.5, 0.6) is 0 Å². The number of carbonyl (C=O) groups is 1. The lowest BCUT2D eigenvalue weighted by Crippen LogP contribution is -2.14. The summed E-state index contributed by atoms with van der Waals surface area (Å²) in [5.41, 5.74) is 4.74. The third kappa shape index (κ3) is 6.40. The van der Waals surface area contributed by atoms with Crippen LogP contribution >= 0.6 is 11.3 Å². The summed E-state index contributed by atoms with van der Waals surface area (Å²) in [6, 6.07) is 24.0. The number of hydrogen-bond donors (Lipinski definition) is 2. The second-order valence-electron chi connectivity index (χ2n) is 8.36. The first-order chi connectivity index (χ1) is 17.7. The minimum Gasteiger partial charge on any atom is -0.341 e. The van der Waals surface area contributed by atoms with Gasteiger partial charge in [-0.3, -0.25) is 4.79 Å². The number of nitrogens with zero attached hydrogens (tertiary/aromatic N) is 4. The molecule has 0 radical (unpaired) electrons. The summed E-state index contributed by atoms with van der Waals surface area (Å²) in [5, 5.41) is 22.0. The Morgan fingerprint density at radius 2 is 1.69 bits per heavy atom. The summed E-state index contributed by atoms with van der Waals surface area (Å²) in [6.45, 7) is 0. The minimum atomic E-state index is -0.0950. The Labute approximate surface area is 213 Å². The van der Waals surface area contributed by atoms with Crippen LogP contribution in [0.15, 0.2) is 72.8 Å². The molecule has 0 saturated heterocycles. The molecular weight excluding hydrogens is 468 g/mol. The van der Waals surface area contributed by atoms with Crippen molar-refractivity contribution in [2.75, 3.05) is 5.32 Å². The summed E-state index contributed by atoms with van der Waals surface area (Å²) in [5.74, 6) is 6.19. The van der Waals surface area contributed by atoms with Gasteiger partial charge in [0.25, 0.3) is 0 Å². The third-order valence-electron chi connectivity index (χ3n) is 5.50. The van der Waals surface area contributed by atoms with Gasteiger partial charge < -0.3 is 10.3 Å². The quantitative estimate of drug-likeness (QED) is 0.236. The van der Waals surface area contributed by atoms with E-state index in [0.717, 1.165) is 46.6 Å². The predicted molar refractivity (Wildman–Crippen MR) is 142 cm³/mol. The molecule has 5 aromatic rings. The van der Waals surface area contributed by atoms with Gasteiger partial charge in [-0.25, -0.2) is 0 Å². The lowest BCUT2D eigenvalue weighted by molar-refractivity contribution is -0.115. The van der Waals surface area contributed by atoms with Crippen molar-refractivity contribution >= 4 is 33.4 Å². The van der Waals surface area contributed by atoms with E-state index in [-0.39, 0.29) is 5.91 Å². The molecule has 0 aliphatic rings. The number of nitrogens with one attached hydrogen (secondary N) is 2. The number of aromatic amines is 1. The number of aromatic nitrogens is 5. The van der Waals surface area contributed by atoms with Gasteiger partial charge in [-0.1, -0.05) is 77.9 Å².